The van der Waals surface area contributed by atoms with E-state index in [-0.39, 0.29) is 5.75 Å². The Labute approximate surface area is 128 Å². The van der Waals surface area contributed by atoms with Gasteiger partial charge >= 0.3 is 0 Å². The van der Waals surface area contributed by atoms with Gasteiger partial charge < -0.3 is 9.29 Å². The summed E-state index contributed by atoms with van der Waals surface area (Å²) in [6, 6.07) is 18.7. The van der Waals surface area contributed by atoms with Crippen LogP contribution in [0.25, 0.3) is 10.8 Å². The summed E-state index contributed by atoms with van der Waals surface area (Å²) in [6.45, 7) is 0. The van der Waals surface area contributed by atoms with Crippen molar-refractivity contribution in [1.29, 1.82) is 0 Å². The molecule has 0 aliphatic rings. The summed E-state index contributed by atoms with van der Waals surface area (Å²) in [4.78, 5) is 4.40. The van der Waals surface area contributed by atoms with Crippen molar-refractivity contribution in [2.45, 2.75) is 0 Å². The van der Waals surface area contributed by atoms with Crippen molar-refractivity contribution < 1.29 is 9.29 Å². The Morgan fingerprint density at radius 1 is 0.952 bits per heavy atom. The maximum Gasteiger partial charge on any atom is 0.170 e. The summed E-state index contributed by atoms with van der Waals surface area (Å²) >= 11 is 3.93. The van der Waals surface area contributed by atoms with Crippen molar-refractivity contribution in [2.75, 3.05) is 0 Å². The molecule has 0 atom stereocenters. The molecule has 0 saturated heterocycles. The van der Waals surface area contributed by atoms with Gasteiger partial charge in [0, 0.05) is 30.1 Å². The summed E-state index contributed by atoms with van der Waals surface area (Å²) in [7, 11) is 0. The van der Waals surface area contributed by atoms with Gasteiger partial charge in [-0.25, -0.2) is 0 Å². The van der Waals surface area contributed by atoms with Gasteiger partial charge in [0.1, 0.15) is 11.4 Å². The highest BCUT2D eigenvalue weighted by Crippen LogP contribution is 2.36. The van der Waals surface area contributed by atoms with Gasteiger partial charge in [0.15, 0.2) is 5.75 Å². The highest BCUT2D eigenvalue weighted by Gasteiger charge is 2.07. The number of hydrogen-bond donors (Lipinski definition) is 2. The van der Waals surface area contributed by atoms with Crippen molar-refractivity contribution in [3.63, 3.8) is 0 Å². The van der Waals surface area contributed by atoms with Crippen molar-refractivity contribution in [1.82, 2.24) is 0 Å². The Kier molecular flexibility index (Phi) is 3.79. The Bertz CT molecular complexity index is 815. The van der Waals surface area contributed by atoms with Crippen molar-refractivity contribution in [3.05, 3.63) is 66.2 Å². The second-order valence-electron chi connectivity index (χ2n) is 4.54. The van der Waals surface area contributed by atoms with E-state index in [2.05, 4.69) is 17.9 Å². The van der Waals surface area contributed by atoms with E-state index in [4.69, 9.17) is 4.18 Å². The van der Waals surface area contributed by atoms with Crippen LogP contribution in [0, 0.1) is 0 Å². The van der Waals surface area contributed by atoms with E-state index < -0.39 is 0 Å². The highest BCUT2D eigenvalue weighted by molar-refractivity contribution is 7.75. The lowest BCUT2D eigenvalue weighted by atomic mass is 10.1. The lowest BCUT2D eigenvalue weighted by molar-refractivity contribution is 0.474. The van der Waals surface area contributed by atoms with Crippen molar-refractivity contribution in [3.8, 4) is 11.5 Å². The molecule has 0 heterocycles. The summed E-state index contributed by atoms with van der Waals surface area (Å²) < 4.78 is 5.20. The fourth-order valence-electron chi connectivity index (χ4n) is 2.16. The minimum Gasteiger partial charge on any atom is -0.507 e. The molecule has 104 valence electrons. The van der Waals surface area contributed by atoms with Crippen LogP contribution in [-0.2, 0) is 0 Å². The molecule has 21 heavy (non-hydrogen) atoms. The molecule has 3 aromatic carbocycles. The fourth-order valence-corrected chi connectivity index (χ4v) is 2.36. The summed E-state index contributed by atoms with van der Waals surface area (Å²) in [5, 5.41) is 11.8. The van der Waals surface area contributed by atoms with E-state index in [9.17, 15) is 5.11 Å². The molecular formula is C17H13NO2S. The largest absolute Gasteiger partial charge is 0.507 e. The van der Waals surface area contributed by atoms with Crippen LogP contribution < -0.4 is 4.18 Å². The number of nitrogens with zero attached hydrogens (tertiary/aromatic N) is 1. The zero-order valence-electron chi connectivity index (χ0n) is 11.1. The molecule has 0 unspecified atom stereocenters. The minimum atomic E-state index is 0.190. The number of phenolic OH excluding ortho intramolecular Hbond substituents is 1. The molecule has 0 aliphatic carbocycles. The van der Waals surface area contributed by atoms with Crippen LogP contribution in [0.15, 0.2) is 65.7 Å². The second kappa shape index (κ2) is 5.89. The first-order valence-electron chi connectivity index (χ1n) is 6.45. The molecule has 3 nitrogen and oxygen atoms in total. The molecule has 3 rings (SSSR count). The van der Waals surface area contributed by atoms with E-state index in [0.29, 0.717) is 17.0 Å². The third kappa shape index (κ3) is 2.71. The van der Waals surface area contributed by atoms with Crippen LogP contribution in [0.2, 0.25) is 0 Å². The van der Waals surface area contributed by atoms with E-state index in [1.165, 1.54) is 0 Å². The zero-order chi connectivity index (χ0) is 14.7. The standard InChI is InChI=1S/C17H13NO2S/c19-16-8-4-2-6-13(16)11-18-15-10-9-12-5-1-3-7-14(12)17(15)20-21/h1-11,19,21H. The number of hydrogen-bond acceptors (Lipinski definition) is 4. The number of aliphatic imine (C=N–C) groups is 1. The molecule has 0 aliphatic heterocycles. The Morgan fingerprint density at radius 2 is 1.71 bits per heavy atom. The topological polar surface area (TPSA) is 41.8 Å². The van der Waals surface area contributed by atoms with Crippen LogP contribution in [-0.4, -0.2) is 11.3 Å². The van der Waals surface area contributed by atoms with Gasteiger partial charge in [0.05, 0.1) is 0 Å². The normalized spacial score (nSPS) is 11.1. The van der Waals surface area contributed by atoms with Crippen LogP contribution in [0.3, 0.4) is 0 Å². The van der Waals surface area contributed by atoms with Gasteiger partial charge in [-0.15, -0.1) is 0 Å². The smallest absolute Gasteiger partial charge is 0.170 e. The minimum absolute atomic E-state index is 0.190. The second-order valence-corrected chi connectivity index (χ2v) is 4.73. The Balaban J connectivity index is 2.07. The number of benzene rings is 3. The maximum atomic E-state index is 9.75. The van der Waals surface area contributed by atoms with Crippen LogP contribution in [0.4, 0.5) is 5.69 Å². The predicted molar refractivity (Wildman–Crippen MR) is 88.9 cm³/mol. The van der Waals surface area contributed by atoms with E-state index in [0.717, 1.165) is 10.8 Å². The van der Waals surface area contributed by atoms with Gasteiger partial charge in [-0.05, 0) is 23.6 Å². The van der Waals surface area contributed by atoms with E-state index in [1.54, 1.807) is 24.4 Å². The van der Waals surface area contributed by atoms with Gasteiger partial charge in [0.2, 0.25) is 0 Å². The molecule has 0 aromatic heterocycles. The molecule has 0 bridgehead atoms. The molecule has 0 saturated carbocycles. The number of fused-ring (bicyclic) bond motifs is 1. The predicted octanol–water partition coefficient (Wildman–Crippen LogP) is 4.52. The average molecular weight is 295 g/mol. The number of aromatic hydroxyl groups is 1. The Morgan fingerprint density at radius 3 is 2.52 bits per heavy atom. The highest BCUT2D eigenvalue weighted by atomic mass is 32.1. The number of thiol groups is 1. The third-order valence-corrected chi connectivity index (χ3v) is 3.41. The molecule has 0 amide bonds. The van der Waals surface area contributed by atoms with Gasteiger partial charge in [0.25, 0.3) is 0 Å². The third-order valence-electron chi connectivity index (χ3n) is 3.23. The summed E-state index contributed by atoms with van der Waals surface area (Å²) in [5.74, 6) is 0.790. The summed E-state index contributed by atoms with van der Waals surface area (Å²) in [6.07, 6.45) is 1.61. The fraction of sp³-hybridized carbons (Fsp3) is 0. The van der Waals surface area contributed by atoms with Crippen LogP contribution >= 0.6 is 12.9 Å². The molecule has 3 aromatic rings. The van der Waals surface area contributed by atoms with Gasteiger partial charge in [-0.1, -0.05) is 42.5 Å². The van der Waals surface area contributed by atoms with Crippen LogP contribution in [0.5, 0.6) is 11.5 Å². The summed E-state index contributed by atoms with van der Waals surface area (Å²) in [5.41, 5.74) is 1.31. The van der Waals surface area contributed by atoms with Crippen LogP contribution in [0.1, 0.15) is 5.56 Å². The quantitative estimate of drug-likeness (QED) is 0.424. The molecule has 0 radical (unpaired) electrons. The Hall–Kier alpha value is -2.46. The van der Waals surface area contributed by atoms with Gasteiger partial charge in [-0.2, -0.15) is 0 Å². The number of phenols is 1. The van der Waals surface area contributed by atoms with E-state index in [1.807, 2.05) is 42.5 Å². The molecular weight excluding hydrogens is 282 g/mol. The monoisotopic (exact) mass is 295 g/mol. The zero-order valence-corrected chi connectivity index (χ0v) is 12.0. The maximum absolute atomic E-state index is 9.75. The molecule has 0 spiro atoms. The number of rotatable bonds is 3. The number of para-hydroxylation sites is 1. The first-order chi connectivity index (χ1) is 10.3. The lowest BCUT2D eigenvalue weighted by Crippen LogP contribution is -1.84. The molecule has 4 heteroatoms. The molecule has 0 fully saturated rings. The first-order valence-corrected chi connectivity index (χ1v) is 6.81. The molecule has 1 N–H and O–H groups in total. The van der Waals surface area contributed by atoms with Crippen molar-refractivity contribution in [2.24, 2.45) is 4.99 Å². The van der Waals surface area contributed by atoms with Crippen molar-refractivity contribution >= 4 is 35.6 Å². The SMILES string of the molecule is Oc1ccccc1C=Nc1ccc2ccccc2c1OS. The van der Waals surface area contributed by atoms with Gasteiger partial charge in [-0.3, -0.25) is 4.99 Å². The lowest BCUT2D eigenvalue weighted by Gasteiger charge is -2.07. The first kappa shape index (κ1) is 13.5. The van der Waals surface area contributed by atoms with E-state index >= 15 is 0 Å². The average Bonchev–Trinajstić information content (AvgIpc) is 2.53.